The van der Waals surface area contributed by atoms with Gasteiger partial charge in [-0.1, -0.05) is 12.1 Å². The molecular formula is C24H24N4O6. The van der Waals surface area contributed by atoms with Crippen LogP contribution in [0.15, 0.2) is 59.0 Å². The zero-order valence-electron chi connectivity index (χ0n) is 18.8. The molecule has 1 fully saturated rings. The number of anilines is 2. The Labute approximate surface area is 195 Å². The van der Waals surface area contributed by atoms with E-state index in [4.69, 9.17) is 9.15 Å². The molecule has 0 radical (unpaired) electrons. The molecule has 3 aromatic rings. The van der Waals surface area contributed by atoms with Gasteiger partial charge in [-0.15, -0.1) is 0 Å². The number of hydrogen-bond acceptors (Lipinski definition) is 8. The van der Waals surface area contributed by atoms with Crippen molar-refractivity contribution in [1.82, 2.24) is 4.90 Å². The van der Waals surface area contributed by atoms with Crippen molar-refractivity contribution in [2.45, 2.75) is 0 Å². The lowest BCUT2D eigenvalue weighted by atomic mass is 10.1. The van der Waals surface area contributed by atoms with Crippen LogP contribution in [-0.4, -0.2) is 62.0 Å². The number of ether oxygens (including phenoxy) is 1. The number of nitro groups is 1. The van der Waals surface area contributed by atoms with E-state index in [1.165, 1.54) is 25.3 Å². The number of amides is 1. The van der Waals surface area contributed by atoms with Crippen molar-refractivity contribution in [3.05, 3.63) is 76.0 Å². The number of nitro benzene ring substituents is 1. The van der Waals surface area contributed by atoms with Gasteiger partial charge in [-0.3, -0.25) is 14.9 Å². The summed E-state index contributed by atoms with van der Waals surface area (Å²) in [5.41, 5.74) is 1.68. The van der Waals surface area contributed by atoms with Crippen LogP contribution in [0.1, 0.15) is 20.9 Å². The molecule has 0 atom stereocenters. The lowest BCUT2D eigenvalue weighted by molar-refractivity contribution is -0.384. The highest BCUT2D eigenvalue weighted by Crippen LogP contribution is 2.32. The SMILES string of the molecule is COC(=O)c1ccc(N2CCN(C)CC2)c(NC(=O)c2ccc(-c3ccccc3[N+](=O)[O-])o2)c1. The van der Waals surface area contributed by atoms with Crippen LogP contribution in [0.3, 0.4) is 0 Å². The number of piperazine rings is 1. The lowest BCUT2D eigenvalue weighted by Crippen LogP contribution is -2.44. The fourth-order valence-electron chi connectivity index (χ4n) is 3.83. The van der Waals surface area contributed by atoms with Crippen molar-refractivity contribution >= 4 is 28.9 Å². The number of para-hydroxylation sites is 1. The summed E-state index contributed by atoms with van der Waals surface area (Å²) in [6, 6.07) is 14.1. The van der Waals surface area contributed by atoms with Crippen molar-refractivity contribution < 1.29 is 23.7 Å². The number of esters is 1. The zero-order chi connectivity index (χ0) is 24.2. The molecule has 1 saturated heterocycles. The molecule has 1 aliphatic rings. The normalized spacial score (nSPS) is 14.0. The highest BCUT2D eigenvalue weighted by Gasteiger charge is 2.23. The maximum Gasteiger partial charge on any atom is 0.337 e. The molecule has 1 aliphatic heterocycles. The Bertz CT molecular complexity index is 1230. The minimum Gasteiger partial charge on any atom is -0.465 e. The smallest absolute Gasteiger partial charge is 0.337 e. The molecule has 0 saturated carbocycles. The molecule has 10 heteroatoms. The van der Waals surface area contributed by atoms with Crippen LogP contribution in [-0.2, 0) is 4.74 Å². The van der Waals surface area contributed by atoms with Gasteiger partial charge >= 0.3 is 5.97 Å². The number of rotatable bonds is 6. The predicted octanol–water partition coefficient (Wildman–Crippen LogP) is 3.65. The van der Waals surface area contributed by atoms with Crippen molar-refractivity contribution in [3.8, 4) is 11.3 Å². The number of likely N-dealkylation sites (N-methyl/N-ethyl adjacent to an activating group) is 1. The third-order valence-electron chi connectivity index (χ3n) is 5.71. The number of carbonyl (C=O) groups is 2. The summed E-state index contributed by atoms with van der Waals surface area (Å²) in [5, 5.41) is 14.2. The molecule has 0 aliphatic carbocycles. The van der Waals surface area contributed by atoms with E-state index in [0.717, 1.165) is 31.9 Å². The minimum absolute atomic E-state index is 0.0130. The highest BCUT2D eigenvalue weighted by molar-refractivity contribution is 6.05. The largest absolute Gasteiger partial charge is 0.465 e. The van der Waals surface area contributed by atoms with Gasteiger partial charge < -0.3 is 24.3 Å². The van der Waals surface area contributed by atoms with Crippen LogP contribution in [0.25, 0.3) is 11.3 Å². The van der Waals surface area contributed by atoms with Gasteiger partial charge in [0.05, 0.1) is 34.5 Å². The summed E-state index contributed by atoms with van der Waals surface area (Å²) in [7, 11) is 3.34. The van der Waals surface area contributed by atoms with Crippen molar-refractivity contribution in [2.24, 2.45) is 0 Å². The van der Waals surface area contributed by atoms with E-state index >= 15 is 0 Å². The summed E-state index contributed by atoms with van der Waals surface area (Å²) < 4.78 is 10.5. The van der Waals surface area contributed by atoms with Gasteiger partial charge in [-0.2, -0.15) is 0 Å². The fourth-order valence-corrected chi connectivity index (χ4v) is 3.83. The molecule has 1 aromatic heterocycles. The monoisotopic (exact) mass is 464 g/mol. The van der Waals surface area contributed by atoms with E-state index in [0.29, 0.717) is 11.3 Å². The van der Waals surface area contributed by atoms with Gasteiger partial charge in [0.2, 0.25) is 0 Å². The molecule has 1 N–H and O–H groups in total. The third-order valence-corrected chi connectivity index (χ3v) is 5.71. The first kappa shape index (κ1) is 23.0. The Morgan fingerprint density at radius 3 is 2.50 bits per heavy atom. The Morgan fingerprint density at radius 2 is 1.79 bits per heavy atom. The van der Waals surface area contributed by atoms with E-state index in [-0.39, 0.29) is 22.8 Å². The Morgan fingerprint density at radius 1 is 1.06 bits per heavy atom. The van der Waals surface area contributed by atoms with Crippen LogP contribution >= 0.6 is 0 Å². The maximum absolute atomic E-state index is 13.0. The van der Waals surface area contributed by atoms with E-state index in [1.54, 1.807) is 36.4 Å². The van der Waals surface area contributed by atoms with Gasteiger partial charge in [0.15, 0.2) is 5.76 Å². The average molecular weight is 464 g/mol. The quantitative estimate of drug-likeness (QED) is 0.334. The molecule has 0 bridgehead atoms. The lowest BCUT2D eigenvalue weighted by Gasteiger charge is -2.35. The summed E-state index contributed by atoms with van der Waals surface area (Å²) in [6.45, 7) is 3.26. The maximum atomic E-state index is 13.0. The van der Waals surface area contributed by atoms with E-state index < -0.39 is 16.8 Å². The summed E-state index contributed by atoms with van der Waals surface area (Å²) in [4.78, 5) is 40.3. The molecule has 176 valence electrons. The molecule has 2 aromatic carbocycles. The van der Waals surface area contributed by atoms with Crippen molar-refractivity contribution in [1.29, 1.82) is 0 Å². The first-order valence-corrected chi connectivity index (χ1v) is 10.7. The number of nitrogens with zero attached hydrogens (tertiary/aromatic N) is 3. The Balaban J connectivity index is 1.62. The summed E-state index contributed by atoms with van der Waals surface area (Å²) in [5.74, 6) is -0.861. The first-order valence-electron chi connectivity index (χ1n) is 10.7. The highest BCUT2D eigenvalue weighted by atomic mass is 16.6. The Hall–Kier alpha value is -4.18. The number of hydrogen-bond donors (Lipinski definition) is 1. The van der Waals surface area contributed by atoms with Crippen LogP contribution in [0.2, 0.25) is 0 Å². The molecule has 1 amide bonds. The molecule has 34 heavy (non-hydrogen) atoms. The molecule has 0 spiro atoms. The second kappa shape index (κ2) is 9.75. The standard InChI is InChI=1S/C24H24N4O6/c1-26-11-13-27(14-12-26)20-8-7-16(24(30)33-2)15-18(20)25-23(29)22-10-9-21(34-22)17-5-3-4-6-19(17)28(31)32/h3-10,15H,11-14H2,1-2H3,(H,25,29). The second-order valence-electron chi connectivity index (χ2n) is 7.91. The Kier molecular flexibility index (Phi) is 6.60. The number of methoxy groups -OCH3 is 1. The predicted molar refractivity (Wildman–Crippen MR) is 126 cm³/mol. The molecule has 4 rings (SSSR count). The zero-order valence-corrected chi connectivity index (χ0v) is 18.8. The van der Waals surface area contributed by atoms with Gasteiger partial charge in [0.25, 0.3) is 11.6 Å². The minimum atomic E-state index is -0.540. The van der Waals surface area contributed by atoms with E-state index in [9.17, 15) is 19.7 Å². The van der Waals surface area contributed by atoms with Gasteiger partial charge in [0, 0.05) is 32.2 Å². The number of nitrogens with one attached hydrogen (secondary N) is 1. The van der Waals surface area contributed by atoms with Crippen LogP contribution in [0.4, 0.5) is 17.1 Å². The number of benzene rings is 2. The molecular weight excluding hydrogens is 440 g/mol. The van der Waals surface area contributed by atoms with Crippen LogP contribution in [0, 0.1) is 10.1 Å². The summed E-state index contributed by atoms with van der Waals surface area (Å²) in [6.07, 6.45) is 0. The molecule has 2 heterocycles. The van der Waals surface area contributed by atoms with Gasteiger partial charge in [-0.25, -0.2) is 4.79 Å². The molecule has 10 nitrogen and oxygen atoms in total. The topological polar surface area (TPSA) is 118 Å². The van der Waals surface area contributed by atoms with Crippen molar-refractivity contribution in [3.63, 3.8) is 0 Å². The van der Waals surface area contributed by atoms with E-state index in [2.05, 4.69) is 15.1 Å². The second-order valence-corrected chi connectivity index (χ2v) is 7.91. The average Bonchev–Trinajstić information content (AvgIpc) is 3.34. The first-order chi connectivity index (χ1) is 16.4. The van der Waals surface area contributed by atoms with Crippen LogP contribution < -0.4 is 10.2 Å². The third kappa shape index (κ3) is 4.76. The number of carbonyl (C=O) groups excluding carboxylic acids is 2. The van der Waals surface area contributed by atoms with Gasteiger partial charge in [-0.05, 0) is 43.4 Å². The van der Waals surface area contributed by atoms with E-state index in [1.807, 2.05) is 7.05 Å². The van der Waals surface area contributed by atoms with Crippen LogP contribution in [0.5, 0.6) is 0 Å². The van der Waals surface area contributed by atoms with Crippen molar-refractivity contribution in [2.75, 3.05) is 50.6 Å². The van der Waals surface area contributed by atoms with Gasteiger partial charge in [0.1, 0.15) is 5.76 Å². The number of furan rings is 1. The summed E-state index contributed by atoms with van der Waals surface area (Å²) >= 11 is 0. The molecule has 0 unspecified atom stereocenters. The fraction of sp³-hybridized carbons (Fsp3) is 0.250.